The smallest absolute Gasteiger partial charge is 0.0139 e. The molecule has 4 aromatic carbocycles. The molecule has 0 N–H and O–H groups in total. The maximum atomic E-state index is 2.42. The second kappa shape index (κ2) is 8.10. The highest BCUT2D eigenvalue weighted by Gasteiger charge is 2.03. The molecular formula is C26H21I. The predicted molar refractivity (Wildman–Crippen MR) is 126 cm³/mol. The van der Waals surface area contributed by atoms with Crippen LogP contribution >= 0.6 is 22.6 Å². The van der Waals surface area contributed by atoms with Crippen LogP contribution < -0.4 is 0 Å². The number of hydrogen-bond donors (Lipinski definition) is 0. The number of halogens is 1. The lowest BCUT2D eigenvalue weighted by atomic mass is 9.98. The second-order valence-corrected chi connectivity index (χ2v) is 8.12. The molecule has 0 amide bonds. The number of rotatable bonds is 4. The van der Waals surface area contributed by atoms with Gasteiger partial charge in [-0.3, -0.25) is 0 Å². The first-order valence-corrected chi connectivity index (χ1v) is 10.3. The first-order chi connectivity index (χ1) is 13.2. The van der Waals surface area contributed by atoms with Gasteiger partial charge in [0, 0.05) is 3.57 Å². The third-order valence-electron chi connectivity index (χ3n) is 4.88. The quantitative estimate of drug-likeness (QED) is 0.274. The van der Waals surface area contributed by atoms with Gasteiger partial charge in [0.15, 0.2) is 0 Å². The molecule has 0 bridgehead atoms. The molecule has 0 spiro atoms. The summed E-state index contributed by atoms with van der Waals surface area (Å²) in [7, 11) is 0. The number of hydrogen-bond acceptors (Lipinski definition) is 0. The van der Waals surface area contributed by atoms with Gasteiger partial charge in [-0.05, 0) is 92.7 Å². The molecule has 0 radical (unpaired) electrons. The molecule has 0 aliphatic heterocycles. The molecule has 0 aliphatic rings. The SMILES string of the molecule is Cc1ccccc1/C=C\Cc1cc(I)cc(-c2ccc3ccccc3c2)c1. The second-order valence-electron chi connectivity index (χ2n) is 6.87. The predicted octanol–water partition coefficient (Wildman–Crippen LogP) is 7.68. The Kier molecular flexibility index (Phi) is 5.40. The Labute approximate surface area is 174 Å². The Bertz CT molecular complexity index is 1120. The Morgan fingerprint density at radius 1 is 0.741 bits per heavy atom. The van der Waals surface area contributed by atoms with Crippen LogP contribution in [0.4, 0.5) is 0 Å². The molecule has 1 heteroatoms. The minimum atomic E-state index is 0.936. The Balaban J connectivity index is 1.62. The Morgan fingerprint density at radius 3 is 2.37 bits per heavy atom. The van der Waals surface area contributed by atoms with Crippen molar-refractivity contribution in [3.63, 3.8) is 0 Å². The summed E-state index contributed by atoms with van der Waals surface area (Å²) in [6, 6.07) is 30.6. The van der Waals surface area contributed by atoms with Gasteiger partial charge in [-0.1, -0.05) is 78.9 Å². The number of allylic oxidation sites excluding steroid dienone is 1. The van der Waals surface area contributed by atoms with Crippen molar-refractivity contribution in [2.24, 2.45) is 0 Å². The lowest BCUT2D eigenvalue weighted by Gasteiger charge is -2.08. The molecule has 0 saturated carbocycles. The summed E-state index contributed by atoms with van der Waals surface area (Å²) < 4.78 is 1.28. The molecule has 0 heterocycles. The van der Waals surface area contributed by atoms with Gasteiger partial charge in [0.05, 0.1) is 0 Å². The van der Waals surface area contributed by atoms with E-state index in [2.05, 4.69) is 127 Å². The molecular weight excluding hydrogens is 439 g/mol. The fourth-order valence-corrected chi connectivity index (χ4v) is 4.14. The molecule has 0 nitrogen and oxygen atoms in total. The highest BCUT2D eigenvalue weighted by atomic mass is 127. The Hall–Kier alpha value is -2.39. The zero-order valence-corrected chi connectivity index (χ0v) is 17.5. The van der Waals surface area contributed by atoms with Crippen LogP contribution in [-0.4, -0.2) is 0 Å². The van der Waals surface area contributed by atoms with Crippen molar-refractivity contribution in [3.05, 3.63) is 111 Å². The summed E-state index contributed by atoms with van der Waals surface area (Å²) in [6.45, 7) is 2.16. The van der Waals surface area contributed by atoms with E-state index in [1.165, 1.54) is 42.2 Å². The normalized spacial score (nSPS) is 11.3. The highest BCUT2D eigenvalue weighted by molar-refractivity contribution is 14.1. The fourth-order valence-electron chi connectivity index (χ4n) is 3.40. The van der Waals surface area contributed by atoms with Gasteiger partial charge < -0.3 is 0 Å². The molecule has 0 atom stereocenters. The first kappa shape index (κ1) is 18.0. The lowest BCUT2D eigenvalue weighted by molar-refractivity contribution is 1.27. The summed E-state index contributed by atoms with van der Waals surface area (Å²) in [6.07, 6.45) is 5.43. The van der Waals surface area contributed by atoms with Crippen molar-refractivity contribution in [1.82, 2.24) is 0 Å². The molecule has 0 fully saturated rings. The monoisotopic (exact) mass is 460 g/mol. The molecule has 0 aliphatic carbocycles. The minimum Gasteiger partial charge on any atom is -0.0795 e. The first-order valence-electron chi connectivity index (χ1n) is 9.20. The van der Waals surface area contributed by atoms with Crippen molar-refractivity contribution in [2.45, 2.75) is 13.3 Å². The standard InChI is InChI=1S/C26H21I/c1-19-7-2-3-9-21(19)12-6-8-20-15-25(18-26(27)16-20)24-14-13-22-10-4-5-11-23(22)17-24/h2-7,9-18H,8H2,1H3/b12-6-. The maximum absolute atomic E-state index is 2.42. The average Bonchev–Trinajstić information content (AvgIpc) is 2.69. The third-order valence-corrected chi connectivity index (χ3v) is 5.50. The topological polar surface area (TPSA) is 0 Å². The number of fused-ring (bicyclic) bond motifs is 1. The van der Waals surface area contributed by atoms with Crippen LogP contribution in [0.25, 0.3) is 28.0 Å². The third kappa shape index (κ3) is 4.30. The van der Waals surface area contributed by atoms with E-state index in [4.69, 9.17) is 0 Å². The maximum Gasteiger partial charge on any atom is 0.0139 e. The van der Waals surface area contributed by atoms with Gasteiger partial charge in [-0.2, -0.15) is 0 Å². The van der Waals surface area contributed by atoms with E-state index >= 15 is 0 Å². The summed E-state index contributed by atoms with van der Waals surface area (Å²) in [5.74, 6) is 0. The molecule has 27 heavy (non-hydrogen) atoms. The average molecular weight is 460 g/mol. The van der Waals surface area contributed by atoms with Crippen molar-refractivity contribution < 1.29 is 0 Å². The molecule has 0 saturated heterocycles. The fraction of sp³-hybridized carbons (Fsp3) is 0.0769. The van der Waals surface area contributed by atoms with Gasteiger partial charge in [0.25, 0.3) is 0 Å². The van der Waals surface area contributed by atoms with Gasteiger partial charge in [-0.15, -0.1) is 0 Å². The zero-order chi connectivity index (χ0) is 18.6. The van der Waals surface area contributed by atoms with Crippen LogP contribution in [0.5, 0.6) is 0 Å². The lowest BCUT2D eigenvalue weighted by Crippen LogP contribution is -1.87. The van der Waals surface area contributed by atoms with Crippen molar-refractivity contribution in [2.75, 3.05) is 0 Å². The largest absolute Gasteiger partial charge is 0.0795 e. The number of benzene rings is 4. The molecule has 132 valence electrons. The van der Waals surface area contributed by atoms with Crippen molar-refractivity contribution in [1.29, 1.82) is 0 Å². The Morgan fingerprint density at radius 2 is 1.52 bits per heavy atom. The summed E-state index contributed by atoms with van der Waals surface area (Å²) in [5.41, 5.74) is 6.50. The summed E-state index contributed by atoms with van der Waals surface area (Å²) >= 11 is 2.42. The van der Waals surface area contributed by atoms with Crippen LogP contribution in [0.2, 0.25) is 0 Å². The van der Waals surface area contributed by atoms with E-state index in [9.17, 15) is 0 Å². The van der Waals surface area contributed by atoms with Crippen LogP contribution in [0.15, 0.2) is 91.0 Å². The van der Waals surface area contributed by atoms with Crippen LogP contribution in [0, 0.1) is 10.5 Å². The van der Waals surface area contributed by atoms with E-state index in [0.717, 1.165) is 6.42 Å². The van der Waals surface area contributed by atoms with Crippen molar-refractivity contribution >= 4 is 39.4 Å². The van der Waals surface area contributed by atoms with E-state index in [0.29, 0.717) is 0 Å². The van der Waals surface area contributed by atoms with E-state index in [-0.39, 0.29) is 0 Å². The summed E-state index contributed by atoms with van der Waals surface area (Å²) in [4.78, 5) is 0. The minimum absolute atomic E-state index is 0.936. The summed E-state index contributed by atoms with van der Waals surface area (Å²) in [5, 5.41) is 2.57. The van der Waals surface area contributed by atoms with E-state index in [1.807, 2.05) is 0 Å². The van der Waals surface area contributed by atoms with Crippen LogP contribution in [0.3, 0.4) is 0 Å². The van der Waals surface area contributed by atoms with E-state index < -0.39 is 0 Å². The van der Waals surface area contributed by atoms with Crippen LogP contribution in [0.1, 0.15) is 16.7 Å². The van der Waals surface area contributed by atoms with E-state index in [1.54, 1.807) is 0 Å². The van der Waals surface area contributed by atoms with Gasteiger partial charge >= 0.3 is 0 Å². The van der Waals surface area contributed by atoms with Gasteiger partial charge in [-0.25, -0.2) is 0 Å². The van der Waals surface area contributed by atoms with Crippen molar-refractivity contribution in [3.8, 4) is 11.1 Å². The molecule has 4 aromatic rings. The molecule has 0 unspecified atom stereocenters. The molecule has 4 rings (SSSR count). The van der Waals surface area contributed by atoms with Crippen LogP contribution in [-0.2, 0) is 6.42 Å². The molecule has 0 aromatic heterocycles. The van der Waals surface area contributed by atoms with Gasteiger partial charge in [0.1, 0.15) is 0 Å². The number of aryl methyl sites for hydroxylation is 1. The zero-order valence-electron chi connectivity index (χ0n) is 15.3. The van der Waals surface area contributed by atoms with Gasteiger partial charge in [0.2, 0.25) is 0 Å². The highest BCUT2D eigenvalue weighted by Crippen LogP contribution is 2.27.